The summed E-state index contributed by atoms with van der Waals surface area (Å²) in [7, 11) is -0.986. The Bertz CT molecular complexity index is 346. The Balaban J connectivity index is 2.44. The molecule has 0 saturated carbocycles. The lowest BCUT2D eigenvalue weighted by Gasteiger charge is -2.14. The quantitative estimate of drug-likeness (QED) is 0.548. The molecule has 0 atom stereocenters. The van der Waals surface area contributed by atoms with Crippen molar-refractivity contribution < 1.29 is 4.79 Å². The highest BCUT2D eigenvalue weighted by Crippen LogP contribution is 2.15. The van der Waals surface area contributed by atoms with Gasteiger partial charge in [-0.3, -0.25) is 4.79 Å². The van der Waals surface area contributed by atoms with Gasteiger partial charge in [0.25, 0.3) is 0 Å². The molecule has 0 aliphatic carbocycles. The lowest BCUT2D eigenvalue weighted by molar-refractivity contribution is 0.0981. The van der Waals surface area contributed by atoms with E-state index in [1.165, 1.54) is 11.6 Å². The molecule has 0 aliphatic heterocycles. The summed E-state index contributed by atoms with van der Waals surface area (Å²) in [5.41, 5.74) is 2.07. The third-order valence-electron chi connectivity index (χ3n) is 2.70. The number of hydrogen-bond donors (Lipinski definition) is 0. The molecule has 0 amide bonds. The van der Waals surface area contributed by atoms with E-state index in [1.807, 2.05) is 31.2 Å². The maximum Gasteiger partial charge on any atom is 0.162 e. The number of aryl methyl sites for hydroxylation is 1. The number of rotatable bonds is 5. The molecule has 0 N–H and O–H groups in total. The second-order valence-electron chi connectivity index (χ2n) is 5.70. The summed E-state index contributed by atoms with van der Waals surface area (Å²) in [6, 6.07) is 9.13. The smallest absolute Gasteiger partial charge is 0.162 e. The first-order valence-electron chi connectivity index (χ1n) is 5.98. The minimum atomic E-state index is -0.986. The van der Waals surface area contributed by atoms with Gasteiger partial charge in [-0.25, -0.2) is 0 Å². The Hall–Kier alpha value is -0.893. The summed E-state index contributed by atoms with van der Waals surface area (Å²) in [6.07, 6.45) is 1.75. The SMILES string of the molecule is Cc1ccc(C(=O)CCC[Si](C)(C)C)cc1. The number of hydrogen-bond acceptors (Lipinski definition) is 1. The molecule has 0 saturated heterocycles. The molecular weight excluding hydrogens is 212 g/mol. The van der Waals surface area contributed by atoms with Crippen LogP contribution in [0.2, 0.25) is 25.7 Å². The second kappa shape index (κ2) is 5.44. The van der Waals surface area contributed by atoms with Crippen LogP contribution in [-0.2, 0) is 0 Å². The lowest BCUT2D eigenvalue weighted by Crippen LogP contribution is -2.19. The Labute approximate surface area is 99.9 Å². The summed E-state index contributed by atoms with van der Waals surface area (Å²) in [4.78, 5) is 11.9. The first-order valence-corrected chi connectivity index (χ1v) is 9.69. The van der Waals surface area contributed by atoms with E-state index in [0.717, 1.165) is 12.0 Å². The van der Waals surface area contributed by atoms with Crippen LogP contribution in [0.1, 0.15) is 28.8 Å². The average Bonchev–Trinajstić information content (AvgIpc) is 2.16. The fourth-order valence-corrected chi connectivity index (χ4v) is 2.90. The van der Waals surface area contributed by atoms with Crippen LogP contribution in [0, 0.1) is 6.92 Å². The van der Waals surface area contributed by atoms with Gasteiger partial charge in [-0.1, -0.05) is 55.5 Å². The predicted octanol–water partition coefficient (Wildman–Crippen LogP) is 4.30. The topological polar surface area (TPSA) is 17.1 Å². The summed E-state index contributed by atoms with van der Waals surface area (Å²) in [6.45, 7) is 9.09. The van der Waals surface area contributed by atoms with Crippen molar-refractivity contribution in [2.45, 2.75) is 45.5 Å². The van der Waals surface area contributed by atoms with E-state index in [-0.39, 0.29) is 0 Å². The summed E-state index contributed by atoms with van der Waals surface area (Å²) < 4.78 is 0. The fourth-order valence-electron chi connectivity index (χ4n) is 1.66. The van der Waals surface area contributed by atoms with Crippen molar-refractivity contribution in [1.82, 2.24) is 0 Å². The van der Waals surface area contributed by atoms with E-state index in [0.29, 0.717) is 12.2 Å². The first kappa shape index (κ1) is 13.2. The van der Waals surface area contributed by atoms with Crippen molar-refractivity contribution in [2.75, 3.05) is 0 Å². The molecule has 0 heterocycles. The molecule has 0 spiro atoms. The number of ketones is 1. The van der Waals surface area contributed by atoms with Gasteiger partial charge in [0.2, 0.25) is 0 Å². The zero-order valence-electron chi connectivity index (χ0n) is 10.8. The molecule has 0 fully saturated rings. The van der Waals surface area contributed by atoms with Gasteiger partial charge in [-0.05, 0) is 13.3 Å². The van der Waals surface area contributed by atoms with Gasteiger partial charge >= 0.3 is 0 Å². The van der Waals surface area contributed by atoms with Crippen LogP contribution < -0.4 is 0 Å². The molecule has 1 aromatic carbocycles. The minimum absolute atomic E-state index is 0.290. The zero-order chi connectivity index (χ0) is 12.2. The summed E-state index contributed by atoms with van der Waals surface area (Å²) in [5.74, 6) is 0.290. The molecule has 1 aromatic rings. The highest BCUT2D eigenvalue weighted by atomic mass is 28.3. The Morgan fingerprint density at radius 1 is 1.12 bits per heavy atom. The van der Waals surface area contributed by atoms with E-state index in [9.17, 15) is 4.79 Å². The van der Waals surface area contributed by atoms with Crippen molar-refractivity contribution in [3.05, 3.63) is 35.4 Å². The first-order chi connectivity index (χ1) is 7.38. The van der Waals surface area contributed by atoms with Crippen LogP contribution in [0.25, 0.3) is 0 Å². The van der Waals surface area contributed by atoms with Crippen molar-refractivity contribution in [3.63, 3.8) is 0 Å². The largest absolute Gasteiger partial charge is 0.294 e. The summed E-state index contributed by atoms with van der Waals surface area (Å²) >= 11 is 0. The van der Waals surface area contributed by atoms with E-state index >= 15 is 0 Å². The van der Waals surface area contributed by atoms with E-state index in [4.69, 9.17) is 0 Å². The highest BCUT2D eigenvalue weighted by Gasteiger charge is 2.13. The molecule has 0 bridgehead atoms. The molecule has 0 radical (unpaired) electrons. The normalized spacial score (nSPS) is 11.5. The average molecular weight is 234 g/mol. The standard InChI is InChI=1S/C14H22OSi/c1-12-7-9-13(10-8-12)14(15)6-5-11-16(2,3)4/h7-10H,5-6,11H2,1-4H3. The molecule has 16 heavy (non-hydrogen) atoms. The van der Waals surface area contributed by atoms with Crippen LogP contribution in [-0.4, -0.2) is 13.9 Å². The van der Waals surface area contributed by atoms with Crippen LogP contribution in [0.4, 0.5) is 0 Å². The van der Waals surface area contributed by atoms with E-state index < -0.39 is 8.07 Å². The maximum atomic E-state index is 11.9. The van der Waals surface area contributed by atoms with Gasteiger partial charge in [0.05, 0.1) is 0 Å². The lowest BCUT2D eigenvalue weighted by atomic mass is 10.1. The Morgan fingerprint density at radius 2 is 1.69 bits per heavy atom. The van der Waals surface area contributed by atoms with Gasteiger partial charge in [-0.15, -0.1) is 0 Å². The van der Waals surface area contributed by atoms with Gasteiger partial charge in [0, 0.05) is 20.1 Å². The Kier molecular flexibility index (Phi) is 4.48. The van der Waals surface area contributed by atoms with Crippen LogP contribution in [0.3, 0.4) is 0 Å². The number of carbonyl (C=O) groups is 1. The molecule has 0 aromatic heterocycles. The monoisotopic (exact) mass is 234 g/mol. The molecule has 0 unspecified atom stereocenters. The van der Waals surface area contributed by atoms with Crippen molar-refractivity contribution in [2.24, 2.45) is 0 Å². The van der Waals surface area contributed by atoms with E-state index in [2.05, 4.69) is 19.6 Å². The third kappa shape index (κ3) is 4.75. The number of benzene rings is 1. The molecule has 1 nitrogen and oxygen atoms in total. The van der Waals surface area contributed by atoms with Gasteiger partial charge in [0.1, 0.15) is 0 Å². The molecule has 1 rings (SSSR count). The van der Waals surface area contributed by atoms with Crippen LogP contribution >= 0.6 is 0 Å². The van der Waals surface area contributed by atoms with Gasteiger partial charge < -0.3 is 0 Å². The van der Waals surface area contributed by atoms with Crippen molar-refractivity contribution >= 4 is 13.9 Å². The minimum Gasteiger partial charge on any atom is -0.294 e. The second-order valence-corrected chi connectivity index (χ2v) is 11.3. The van der Waals surface area contributed by atoms with Crippen LogP contribution in [0.5, 0.6) is 0 Å². The highest BCUT2D eigenvalue weighted by molar-refractivity contribution is 6.76. The predicted molar refractivity (Wildman–Crippen MR) is 72.9 cm³/mol. The zero-order valence-corrected chi connectivity index (χ0v) is 11.8. The van der Waals surface area contributed by atoms with Gasteiger partial charge in [-0.2, -0.15) is 0 Å². The number of Topliss-reactive ketones (excluding diaryl/α,β-unsaturated/α-hetero) is 1. The van der Waals surface area contributed by atoms with Crippen molar-refractivity contribution in [3.8, 4) is 0 Å². The number of carbonyl (C=O) groups excluding carboxylic acids is 1. The fraction of sp³-hybridized carbons (Fsp3) is 0.500. The van der Waals surface area contributed by atoms with Crippen LogP contribution in [0.15, 0.2) is 24.3 Å². The molecule has 2 heteroatoms. The van der Waals surface area contributed by atoms with Gasteiger partial charge in [0.15, 0.2) is 5.78 Å². The molecule has 0 aliphatic rings. The third-order valence-corrected chi connectivity index (χ3v) is 4.56. The van der Waals surface area contributed by atoms with Crippen molar-refractivity contribution in [1.29, 1.82) is 0 Å². The maximum absolute atomic E-state index is 11.9. The molecule has 88 valence electrons. The van der Waals surface area contributed by atoms with E-state index in [1.54, 1.807) is 0 Å². The summed E-state index contributed by atoms with van der Waals surface area (Å²) in [5, 5.41) is 0. The molecular formula is C14H22OSi. The Morgan fingerprint density at radius 3 is 2.19 bits per heavy atom.